The van der Waals surface area contributed by atoms with E-state index in [4.69, 9.17) is 13.9 Å². The van der Waals surface area contributed by atoms with E-state index in [1.165, 1.54) is 0 Å². The zero-order chi connectivity index (χ0) is 25.4. The van der Waals surface area contributed by atoms with E-state index in [1.54, 1.807) is 36.5 Å². The van der Waals surface area contributed by atoms with Crippen LogP contribution < -0.4 is 9.47 Å². The first-order chi connectivity index (χ1) is 17.4. The third-order valence-electron chi connectivity index (χ3n) is 6.33. The van der Waals surface area contributed by atoms with Crippen LogP contribution >= 0.6 is 0 Å². The van der Waals surface area contributed by atoms with Crippen molar-refractivity contribution in [3.05, 3.63) is 95.1 Å². The van der Waals surface area contributed by atoms with Crippen molar-refractivity contribution >= 4 is 5.91 Å². The molecule has 0 bridgehead atoms. The Morgan fingerprint density at radius 2 is 2.06 bits per heavy atom. The minimum atomic E-state index is -0.506. The maximum atomic E-state index is 13.6. The third kappa shape index (κ3) is 3.90. The van der Waals surface area contributed by atoms with Crippen LogP contribution in [0.4, 0.5) is 0 Å². The van der Waals surface area contributed by atoms with Crippen molar-refractivity contribution in [1.82, 2.24) is 15.1 Å². The third-order valence-corrected chi connectivity index (χ3v) is 6.33. The van der Waals surface area contributed by atoms with Crippen LogP contribution in [-0.2, 0) is 6.54 Å². The fourth-order valence-corrected chi connectivity index (χ4v) is 4.84. The van der Waals surface area contributed by atoms with Crippen LogP contribution in [0.3, 0.4) is 0 Å². The van der Waals surface area contributed by atoms with Crippen LogP contribution in [0.5, 0.6) is 17.2 Å². The molecule has 5 rings (SSSR count). The molecule has 8 heteroatoms. The Kier molecular flexibility index (Phi) is 6.01. The zero-order valence-electron chi connectivity index (χ0n) is 20.4. The molecule has 1 aliphatic heterocycles. The second-order valence-electron chi connectivity index (χ2n) is 8.76. The van der Waals surface area contributed by atoms with Gasteiger partial charge in [-0.15, -0.1) is 0 Å². The lowest BCUT2D eigenvalue weighted by atomic mass is 9.93. The van der Waals surface area contributed by atoms with Crippen LogP contribution in [0.2, 0.25) is 0 Å². The summed E-state index contributed by atoms with van der Waals surface area (Å²) in [6, 6.07) is 12.4. The van der Waals surface area contributed by atoms with E-state index in [2.05, 4.69) is 16.8 Å². The van der Waals surface area contributed by atoms with E-state index in [-0.39, 0.29) is 18.2 Å². The molecule has 3 heterocycles. The van der Waals surface area contributed by atoms with Gasteiger partial charge in [0.15, 0.2) is 11.5 Å². The Bertz CT molecular complexity index is 1410. The Morgan fingerprint density at radius 1 is 1.22 bits per heavy atom. The number of H-pyrrole nitrogens is 1. The average molecular weight is 486 g/mol. The second kappa shape index (κ2) is 9.30. The number of hydrogen-bond acceptors (Lipinski definition) is 6. The normalized spacial score (nSPS) is 14.7. The summed E-state index contributed by atoms with van der Waals surface area (Å²) in [7, 11) is 1.57. The number of carbonyl (C=O) groups is 1. The number of ether oxygens (including phenoxy) is 2. The number of phenols is 1. The molecule has 0 spiro atoms. The maximum Gasteiger partial charge on any atom is 0.273 e. The molecule has 2 N–H and O–H groups in total. The molecule has 184 valence electrons. The predicted octanol–water partition coefficient (Wildman–Crippen LogP) is 5.31. The Balaban J connectivity index is 1.68. The number of phenolic OH excluding ortho intramolecular Hbond substituents is 1. The molecule has 0 aliphatic carbocycles. The minimum absolute atomic E-state index is 0.114. The van der Waals surface area contributed by atoms with E-state index in [0.717, 1.165) is 16.7 Å². The summed E-state index contributed by atoms with van der Waals surface area (Å²) >= 11 is 0. The smallest absolute Gasteiger partial charge is 0.273 e. The Labute approximate surface area is 208 Å². The number of furan rings is 1. The molecule has 36 heavy (non-hydrogen) atoms. The largest absolute Gasteiger partial charge is 0.507 e. The van der Waals surface area contributed by atoms with Crippen molar-refractivity contribution in [3.8, 4) is 28.5 Å². The lowest BCUT2D eigenvalue weighted by Crippen LogP contribution is -2.29. The van der Waals surface area contributed by atoms with Gasteiger partial charge < -0.3 is 23.9 Å². The van der Waals surface area contributed by atoms with Crippen molar-refractivity contribution in [2.45, 2.75) is 26.4 Å². The van der Waals surface area contributed by atoms with Crippen LogP contribution in [0.25, 0.3) is 11.3 Å². The molecule has 0 fully saturated rings. The summed E-state index contributed by atoms with van der Waals surface area (Å²) in [5, 5.41) is 18.3. The molecular formula is C28H27N3O5. The van der Waals surface area contributed by atoms with Gasteiger partial charge in [0.05, 0.1) is 26.0 Å². The highest BCUT2D eigenvalue weighted by Crippen LogP contribution is 2.47. The first-order valence-corrected chi connectivity index (χ1v) is 11.6. The fourth-order valence-electron chi connectivity index (χ4n) is 4.84. The number of aromatic amines is 1. The highest BCUT2D eigenvalue weighted by Gasteiger charge is 2.43. The van der Waals surface area contributed by atoms with Gasteiger partial charge in [0.2, 0.25) is 0 Å². The molecule has 2 aromatic heterocycles. The zero-order valence-corrected chi connectivity index (χ0v) is 20.4. The molecular weight excluding hydrogens is 458 g/mol. The number of rotatable bonds is 8. The standard InChI is InChI=1S/C28H27N3O5/c1-5-10-36-21-9-8-18(14-22(21)34-4)27-24-25(23-17(3)12-16(2)13-20(23)32)29-30-26(24)28(33)31(27)15-19-7-6-11-35-19/h5-9,11-14,27,32H,1,10,15H2,2-4H3,(H,29,30)/t27-/m1/s1. The van der Waals surface area contributed by atoms with Gasteiger partial charge in [-0.05, 0) is 60.9 Å². The maximum absolute atomic E-state index is 13.6. The number of benzene rings is 2. The van der Waals surface area contributed by atoms with Gasteiger partial charge in [0.25, 0.3) is 5.91 Å². The van der Waals surface area contributed by atoms with E-state index < -0.39 is 6.04 Å². The molecule has 0 radical (unpaired) electrons. The van der Waals surface area contributed by atoms with Gasteiger partial charge in [-0.1, -0.05) is 24.8 Å². The van der Waals surface area contributed by atoms with Crippen LogP contribution in [0, 0.1) is 13.8 Å². The number of nitrogens with zero attached hydrogens (tertiary/aromatic N) is 2. The number of amides is 1. The number of methoxy groups -OCH3 is 1. The van der Waals surface area contributed by atoms with E-state index in [1.807, 2.05) is 44.2 Å². The van der Waals surface area contributed by atoms with Crippen molar-refractivity contribution in [2.75, 3.05) is 13.7 Å². The quantitative estimate of drug-likeness (QED) is 0.328. The van der Waals surface area contributed by atoms with Gasteiger partial charge in [0.1, 0.15) is 29.5 Å². The summed E-state index contributed by atoms with van der Waals surface area (Å²) in [6.07, 6.45) is 3.24. The van der Waals surface area contributed by atoms with Crippen molar-refractivity contribution < 1.29 is 23.8 Å². The summed E-state index contributed by atoms with van der Waals surface area (Å²) in [4.78, 5) is 15.3. The highest BCUT2D eigenvalue weighted by molar-refractivity contribution is 6.00. The molecule has 8 nitrogen and oxygen atoms in total. The monoisotopic (exact) mass is 485 g/mol. The van der Waals surface area contributed by atoms with Gasteiger partial charge in [-0.25, -0.2) is 0 Å². The molecule has 4 aromatic rings. The van der Waals surface area contributed by atoms with Crippen LogP contribution in [-0.4, -0.2) is 39.8 Å². The molecule has 1 aliphatic rings. The molecule has 2 aromatic carbocycles. The van der Waals surface area contributed by atoms with Gasteiger partial charge in [-0.3, -0.25) is 9.89 Å². The number of carbonyl (C=O) groups excluding carboxylic acids is 1. The van der Waals surface area contributed by atoms with Crippen molar-refractivity contribution in [1.29, 1.82) is 0 Å². The fraction of sp³-hybridized carbons (Fsp3) is 0.214. The Hall–Kier alpha value is -4.46. The summed E-state index contributed by atoms with van der Waals surface area (Å²) in [5.74, 6) is 1.67. The number of aryl methyl sites for hydroxylation is 2. The Morgan fingerprint density at radius 3 is 2.75 bits per heavy atom. The van der Waals surface area contributed by atoms with Gasteiger partial charge >= 0.3 is 0 Å². The summed E-state index contributed by atoms with van der Waals surface area (Å²) in [5.41, 5.74) is 4.81. The second-order valence-corrected chi connectivity index (χ2v) is 8.76. The molecule has 0 saturated heterocycles. The highest BCUT2D eigenvalue weighted by atomic mass is 16.5. The number of hydrogen-bond donors (Lipinski definition) is 2. The van der Waals surface area contributed by atoms with E-state index in [9.17, 15) is 9.90 Å². The SMILES string of the molecule is C=CCOc1ccc([C@@H]2c3c(-c4c(C)cc(C)cc4O)n[nH]c3C(=O)N2Cc2ccco2)cc1OC. The molecule has 1 atom stereocenters. The molecule has 1 amide bonds. The van der Waals surface area contributed by atoms with Gasteiger partial charge in [-0.2, -0.15) is 5.10 Å². The molecule has 0 saturated carbocycles. The average Bonchev–Trinajstić information content (AvgIpc) is 3.57. The number of nitrogens with one attached hydrogen (secondary N) is 1. The number of aromatic hydroxyl groups is 1. The first-order valence-electron chi connectivity index (χ1n) is 11.6. The molecule has 0 unspecified atom stereocenters. The van der Waals surface area contributed by atoms with Crippen LogP contribution in [0.1, 0.15) is 44.5 Å². The van der Waals surface area contributed by atoms with E-state index in [0.29, 0.717) is 46.4 Å². The first kappa shape index (κ1) is 23.3. The predicted molar refractivity (Wildman–Crippen MR) is 134 cm³/mol. The summed E-state index contributed by atoms with van der Waals surface area (Å²) in [6.45, 7) is 8.13. The number of aromatic nitrogens is 2. The van der Waals surface area contributed by atoms with E-state index >= 15 is 0 Å². The minimum Gasteiger partial charge on any atom is -0.507 e. The number of fused-ring (bicyclic) bond motifs is 1. The topological polar surface area (TPSA) is 101 Å². The lowest BCUT2D eigenvalue weighted by molar-refractivity contribution is 0.0717. The van der Waals surface area contributed by atoms with Gasteiger partial charge in [0, 0.05) is 11.1 Å². The van der Waals surface area contributed by atoms with Crippen molar-refractivity contribution in [3.63, 3.8) is 0 Å². The van der Waals surface area contributed by atoms with Crippen molar-refractivity contribution in [2.24, 2.45) is 0 Å². The van der Waals surface area contributed by atoms with Crippen LogP contribution in [0.15, 0.2) is 65.8 Å². The lowest BCUT2D eigenvalue weighted by Gasteiger charge is -2.26. The summed E-state index contributed by atoms with van der Waals surface area (Å²) < 4.78 is 16.9.